The zero-order chi connectivity index (χ0) is 10.6. The quantitative estimate of drug-likeness (QED) is 0.781. The molecule has 0 fully saturated rings. The van der Waals surface area contributed by atoms with Crippen LogP contribution in [0.5, 0.6) is 0 Å². The van der Waals surface area contributed by atoms with Crippen molar-refractivity contribution in [2.24, 2.45) is 0 Å². The highest BCUT2D eigenvalue weighted by molar-refractivity contribution is 7.85. The van der Waals surface area contributed by atoms with E-state index in [1.54, 1.807) is 18.2 Å². The normalized spacial score (nSPS) is 11.6. The fraction of sp³-hybridized carbons (Fsp3) is 0.300. The lowest BCUT2D eigenvalue weighted by Crippen LogP contribution is -2.01. The lowest BCUT2D eigenvalue weighted by Gasteiger charge is -2.04. The summed E-state index contributed by atoms with van der Waals surface area (Å²) in [6, 6.07) is 6.41. The Hall–Kier alpha value is -0.870. The first kappa shape index (κ1) is 11.2. The van der Waals surface area contributed by atoms with Crippen LogP contribution < -0.4 is 0 Å². The third kappa shape index (κ3) is 2.82. The Morgan fingerprint density at radius 2 is 2.00 bits per heavy atom. The van der Waals surface area contributed by atoms with Gasteiger partial charge in [0.1, 0.15) is 0 Å². The summed E-state index contributed by atoms with van der Waals surface area (Å²) < 4.78 is 30.8. The second kappa shape index (κ2) is 4.57. The van der Waals surface area contributed by atoms with Gasteiger partial charge in [0.05, 0.1) is 4.90 Å². The van der Waals surface area contributed by atoms with Crippen LogP contribution in [0.1, 0.15) is 25.3 Å². The molecule has 1 radical (unpaired) electrons. The Kier molecular flexibility index (Phi) is 3.66. The molecule has 14 heavy (non-hydrogen) atoms. The largest absolute Gasteiger partial charge is 0.294 e. The molecule has 0 spiro atoms. The molecule has 0 aliphatic rings. The average Bonchev–Trinajstić information content (AvgIpc) is 2.14. The van der Waals surface area contributed by atoms with E-state index in [-0.39, 0.29) is 4.90 Å². The van der Waals surface area contributed by atoms with Crippen molar-refractivity contribution in [1.82, 2.24) is 0 Å². The van der Waals surface area contributed by atoms with Crippen molar-refractivity contribution >= 4 is 10.1 Å². The molecule has 1 N–H and O–H groups in total. The van der Waals surface area contributed by atoms with Gasteiger partial charge in [-0.15, -0.1) is 0 Å². The van der Waals surface area contributed by atoms with Crippen LogP contribution in [-0.4, -0.2) is 13.0 Å². The summed E-state index contributed by atoms with van der Waals surface area (Å²) in [5.41, 5.74) is 0.567. The minimum Gasteiger partial charge on any atom is -0.282 e. The van der Waals surface area contributed by atoms with Gasteiger partial charge in [-0.05, 0) is 24.5 Å². The lowest BCUT2D eigenvalue weighted by molar-refractivity contribution is 0.482. The zero-order valence-corrected chi connectivity index (χ0v) is 8.79. The predicted molar refractivity (Wildman–Crippen MR) is 54.6 cm³/mol. The molecule has 0 aromatic heterocycles. The number of rotatable bonds is 4. The smallest absolute Gasteiger partial charge is 0.282 e. The maximum atomic E-state index is 11.0. The first-order valence-electron chi connectivity index (χ1n) is 4.45. The maximum Gasteiger partial charge on any atom is 0.294 e. The topological polar surface area (TPSA) is 54.4 Å². The van der Waals surface area contributed by atoms with E-state index in [0.29, 0.717) is 5.56 Å². The summed E-state index contributed by atoms with van der Waals surface area (Å²) in [5.74, 6) is 0. The Labute approximate surface area is 84.5 Å². The Balaban J connectivity index is 3.04. The molecule has 1 rings (SSSR count). The molecule has 0 unspecified atom stereocenters. The van der Waals surface area contributed by atoms with Crippen molar-refractivity contribution in [2.75, 3.05) is 0 Å². The summed E-state index contributed by atoms with van der Waals surface area (Å²) in [6.45, 7) is 2.01. The van der Waals surface area contributed by atoms with E-state index in [1.165, 1.54) is 6.07 Å². The fourth-order valence-corrected chi connectivity index (χ4v) is 1.88. The molecule has 1 aromatic rings. The van der Waals surface area contributed by atoms with Gasteiger partial charge in [0.15, 0.2) is 0 Å². The van der Waals surface area contributed by atoms with Crippen LogP contribution in [0, 0.1) is 6.42 Å². The average molecular weight is 213 g/mol. The van der Waals surface area contributed by atoms with E-state index in [4.69, 9.17) is 4.55 Å². The van der Waals surface area contributed by atoms with Gasteiger partial charge in [-0.1, -0.05) is 31.5 Å². The van der Waals surface area contributed by atoms with E-state index in [1.807, 2.05) is 13.3 Å². The molecule has 0 atom stereocenters. The monoisotopic (exact) mass is 213 g/mol. The van der Waals surface area contributed by atoms with Gasteiger partial charge in [0.25, 0.3) is 10.1 Å². The summed E-state index contributed by atoms with van der Waals surface area (Å²) in [4.78, 5) is -0.0200. The van der Waals surface area contributed by atoms with Gasteiger partial charge < -0.3 is 0 Å². The first-order chi connectivity index (χ1) is 6.55. The first-order valence-corrected chi connectivity index (χ1v) is 5.89. The van der Waals surface area contributed by atoms with Crippen LogP contribution in [0.2, 0.25) is 0 Å². The Bertz CT molecular complexity index is 396. The van der Waals surface area contributed by atoms with Gasteiger partial charge in [-0.3, -0.25) is 4.55 Å². The van der Waals surface area contributed by atoms with Crippen molar-refractivity contribution in [3.8, 4) is 0 Å². The number of unbranched alkanes of at least 4 members (excludes halogenated alkanes) is 1. The summed E-state index contributed by atoms with van der Waals surface area (Å²) in [5, 5.41) is 0. The highest BCUT2D eigenvalue weighted by Crippen LogP contribution is 2.18. The lowest BCUT2D eigenvalue weighted by atomic mass is 10.1. The predicted octanol–water partition coefficient (Wildman–Crippen LogP) is 2.29. The van der Waals surface area contributed by atoms with Crippen LogP contribution in [0.15, 0.2) is 29.2 Å². The second-order valence-corrected chi connectivity index (χ2v) is 4.40. The van der Waals surface area contributed by atoms with Crippen molar-refractivity contribution in [2.45, 2.75) is 24.7 Å². The molecule has 4 heteroatoms. The standard InChI is InChI=1S/C10H13O3S/c1-2-3-6-9-7-4-5-8-10(9)14(11,12)13/h4-8H,2-3H2,1H3,(H,11,12,13). The van der Waals surface area contributed by atoms with Crippen LogP contribution in [0.4, 0.5) is 0 Å². The molecule has 0 aliphatic heterocycles. The van der Waals surface area contributed by atoms with Gasteiger partial charge in [0.2, 0.25) is 0 Å². The fourth-order valence-electron chi connectivity index (χ4n) is 1.18. The molecule has 0 heterocycles. The molecular formula is C10H13O3S. The van der Waals surface area contributed by atoms with E-state index in [0.717, 1.165) is 12.8 Å². The molecule has 0 amide bonds. The highest BCUT2D eigenvalue weighted by Gasteiger charge is 2.13. The van der Waals surface area contributed by atoms with Gasteiger partial charge in [-0.25, -0.2) is 0 Å². The van der Waals surface area contributed by atoms with Crippen LogP contribution in [0.3, 0.4) is 0 Å². The summed E-state index contributed by atoms with van der Waals surface area (Å²) >= 11 is 0. The summed E-state index contributed by atoms with van der Waals surface area (Å²) in [6.07, 6.45) is 3.55. The minimum atomic E-state index is -4.10. The molecule has 0 saturated heterocycles. The van der Waals surface area contributed by atoms with E-state index in [9.17, 15) is 8.42 Å². The third-order valence-corrected chi connectivity index (χ3v) is 2.78. The van der Waals surface area contributed by atoms with E-state index in [2.05, 4.69) is 0 Å². The van der Waals surface area contributed by atoms with Crippen molar-refractivity contribution < 1.29 is 13.0 Å². The Morgan fingerprint density at radius 1 is 1.36 bits per heavy atom. The zero-order valence-electron chi connectivity index (χ0n) is 7.97. The summed E-state index contributed by atoms with van der Waals surface area (Å²) in [7, 11) is -4.10. The van der Waals surface area contributed by atoms with Gasteiger partial charge in [-0.2, -0.15) is 8.42 Å². The Morgan fingerprint density at radius 3 is 2.57 bits per heavy atom. The van der Waals surface area contributed by atoms with Crippen molar-refractivity contribution in [3.05, 3.63) is 36.2 Å². The SMILES string of the molecule is CCC[CH]c1ccccc1S(=O)(=O)O. The van der Waals surface area contributed by atoms with Crippen molar-refractivity contribution in [3.63, 3.8) is 0 Å². The molecule has 0 aliphatic carbocycles. The van der Waals surface area contributed by atoms with E-state index >= 15 is 0 Å². The second-order valence-electron chi connectivity index (χ2n) is 3.01. The highest BCUT2D eigenvalue weighted by atomic mass is 32.2. The van der Waals surface area contributed by atoms with Gasteiger partial charge in [0, 0.05) is 0 Å². The van der Waals surface area contributed by atoms with Crippen LogP contribution in [-0.2, 0) is 10.1 Å². The maximum absolute atomic E-state index is 11.0. The number of hydrogen-bond donors (Lipinski definition) is 1. The van der Waals surface area contributed by atoms with Crippen molar-refractivity contribution in [1.29, 1.82) is 0 Å². The molecule has 3 nitrogen and oxygen atoms in total. The molecule has 0 bridgehead atoms. The van der Waals surface area contributed by atoms with Crippen LogP contribution >= 0.6 is 0 Å². The molecular weight excluding hydrogens is 200 g/mol. The van der Waals surface area contributed by atoms with Crippen LogP contribution in [0.25, 0.3) is 0 Å². The molecule has 0 saturated carbocycles. The molecule has 1 aromatic carbocycles. The number of hydrogen-bond acceptors (Lipinski definition) is 2. The third-order valence-electron chi connectivity index (χ3n) is 1.85. The van der Waals surface area contributed by atoms with E-state index < -0.39 is 10.1 Å². The minimum absolute atomic E-state index is 0.0200. The molecule has 77 valence electrons. The number of benzene rings is 1. The van der Waals surface area contributed by atoms with Gasteiger partial charge >= 0.3 is 0 Å².